The molecule has 120 valence electrons. The van der Waals surface area contributed by atoms with Gasteiger partial charge in [-0.25, -0.2) is 4.39 Å². The van der Waals surface area contributed by atoms with E-state index in [0.29, 0.717) is 29.8 Å². The third kappa shape index (κ3) is 2.77. The van der Waals surface area contributed by atoms with Crippen LogP contribution >= 0.6 is 0 Å². The Labute approximate surface area is 133 Å². The van der Waals surface area contributed by atoms with Crippen molar-refractivity contribution in [2.75, 3.05) is 20.7 Å². The van der Waals surface area contributed by atoms with E-state index in [1.165, 1.54) is 25.3 Å². The zero-order chi connectivity index (χ0) is 16.6. The predicted molar refractivity (Wildman–Crippen MR) is 85.1 cm³/mol. The highest BCUT2D eigenvalue weighted by Crippen LogP contribution is 2.39. The minimum absolute atomic E-state index is 0.116. The molecule has 0 aliphatic carbocycles. The Morgan fingerprint density at radius 2 is 2.00 bits per heavy atom. The summed E-state index contributed by atoms with van der Waals surface area (Å²) >= 11 is 0. The predicted octanol–water partition coefficient (Wildman–Crippen LogP) is 3.40. The Hall–Kier alpha value is -2.47. The highest BCUT2D eigenvalue weighted by atomic mass is 19.1. The maximum Gasteiger partial charge on any atom is 0.274 e. The maximum atomic E-state index is 13.7. The number of halogens is 1. The molecule has 1 aliphatic rings. The Morgan fingerprint density at radius 1 is 1.22 bits per heavy atom. The van der Waals surface area contributed by atoms with Crippen molar-refractivity contribution in [2.45, 2.75) is 13.0 Å². The molecule has 0 fully saturated rings. The van der Waals surface area contributed by atoms with Crippen molar-refractivity contribution in [3.05, 3.63) is 57.4 Å². The van der Waals surface area contributed by atoms with Gasteiger partial charge in [0.2, 0.25) is 0 Å². The van der Waals surface area contributed by atoms with Crippen molar-refractivity contribution >= 4 is 5.69 Å². The quantitative estimate of drug-likeness (QED) is 0.643. The van der Waals surface area contributed by atoms with E-state index in [9.17, 15) is 14.5 Å². The van der Waals surface area contributed by atoms with Gasteiger partial charge in [0.05, 0.1) is 12.0 Å². The van der Waals surface area contributed by atoms with Crippen LogP contribution in [-0.2, 0) is 13.0 Å². The number of rotatable bonds is 3. The van der Waals surface area contributed by atoms with Crippen molar-refractivity contribution in [3.63, 3.8) is 0 Å². The van der Waals surface area contributed by atoms with Gasteiger partial charge in [0.15, 0.2) is 0 Å². The molecule has 23 heavy (non-hydrogen) atoms. The SMILES string of the molecule is COc1ccc(F)cc1-c1ccc([N+](=O)[O-])c2c1CCN(C)C2. The smallest absolute Gasteiger partial charge is 0.274 e. The van der Waals surface area contributed by atoms with Crippen LogP contribution in [0.4, 0.5) is 10.1 Å². The zero-order valence-corrected chi connectivity index (χ0v) is 13.0. The van der Waals surface area contributed by atoms with Gasteiger partial charge in [-0.15, -0.1) is 0 Å². The number of methoxy groups -OCH3 is 1. The van der Waals surface area contributed by atoms with Crippen molar-refractivity contribution in [1.29, 1.82) is 0 Å². The van der Waals surface area contributed by atoms with Crippen molar-refractivity contribution in [3.8, 4) is 16.9 Å². The molecule has 0 bridgehead atoms. The number of nitrogens with zero attached hydrogens (tertiary/aromatic N) is 2. The van der Waals surface area contributed by atoms with Gasteiger partial charge in [0, 0.05) is 30.3 Å². The first-order valence-electron chi connectivity index (χ1n) is 7.33. The van der Waals surface area contributed by atoms with Gasteiger partial charge in [0.25, 0.3) is 5.69 Å². The third-order valence-corrected chi connectivity index (χ3v) is 4.23. The second-order valence-electron chi connectivity index (χ2n) is 5.68. The lowest BCUT2D eigenvalue weighted by Gasteiger charge is -2.27. The minimum atomic E-state index is -0.360. The second kappa shape index (κ2) is 5.96. The molecule has 0 saturated heterocycles. The number of benzene rings is 2. The fourth-order valence-corrected chi connectivity index (χ4v) is 3.11. The molecule has 0 atom stereocenters. The van der Waals surface area contributed by atoms with Gasteiger partial charge in [-0.1, -0.05) is 0 Å². The van der Waals surface area contributed by atoms with Gasteiger partial charge >= 0.3 is 0 Å². The molecule has 0 radical (unpaired) electrons. The first-order valence-corrected chi connectivity index (χ1v) is 7.33. The fourth-order valence-electron chi connectivity index (χ4n) is 3.11. The summed E-state index contributed by atoms with van der Waals surface area (Å²) in [6.07, 6.45) is 0.683. The van der Waals surface area contributed by atoms with Gasteiger partial charge < -0.3 is 9.64 Å². The van der Waals surface area contributed by atoms with E-state index in [0.717, 1.165) is 17.7 Å². The molecule has 5 nitrogen and oxygen atoms in total. The van der Waals surface area contributed by atoms with Crippen LogP contribution in [0.1, 0.15) is 11.1 Å². The number of nitro benzene ring substituents is 1. The molecule has 0 amide bonds. The molecular formula is C17H17FN2O3. The average molecular weight is 316 g/mol. The summed E-state index contributed by atoms with van der Waals surface area (Å²) in [5.74, 6) is 0.196. The molecule has 0 aromatic heterocycles. The van der Waals surface area contributed by atoms with Crippen LogP contribution in [0.25, 0.3) is 11.1 Å². The number of ether oxygens (including phenoxy) is 1. The summed E-state index contributed by atoms with van der Waals surface area (Å²) in [4.78, 5) is 13.0. The first kappa shape index (κ1) is 15.4. The number of hydrogen-bond acceptors (Lipinski definition) is 4. The lowest BCUT2D eigenvalue weighted by Crippen LogP contribution is -2.27. The van der Waals surface area contributed by atoms with Crippen molar-refractivity contribution < 1.29 is 14.1 Å². The Kier molecular flexibility index (Phi) is 4.00. The van der Waals surface area contributed by atoms with Gasteiger partial charge in [-0.3, -0.25) is 10.1 Å². The first-order chi connectivity index (χ1) is 11.0. The van der Waals surface area contributed by atoms with Crippen LogP contribution in [0.3, 0.4) is 0 Å². The van der Waals surface area contributed by atoms with Crippen molar-refractivity contribution in [2.24, 2.45) is 0 Å². The Morgan fingerprint density at radius 3 is 2.70 bits per heavy atom. The van der Waals surface area contributed by atoms with Crippen LogP contribution in [0.15, 0.2) is 30.3 Å². The number of hydrogen-bond donors (Lipinski definition) is 0. The zero-order valence-electron chi connectivity index (χ0n) is 13.0. The van der Waals surface area contributed by atoms with Crippen LogP contribution < -0.4 is 4.74 Å². The monoisotopic (exact) mass is 316 g/mol. The van der Waals surface area contributed by atoms with E-state index in [1.54, 1.807) is 12.1 Å². The summed E-state index contributed by atoms with van der Waals surface area (Å²) in [5.41, 5.74) is 3.15. The lowest BCUT2D eigenvalue weighted by atomic mass is 9.89. The van der Waals surface area contributed by atoms with Gasteiger partial charge in [-0.05, 0) is 48.9 Å². The molecule has 2 aromatic carbocycles. The van der Waals surface area contributed by atoms with E-state index in [2.05, 4.69) is 0 Å². The topological polar surface area (TPSA) is 55.6 Å². The van der Waals surface area contributed by atoms with E-state index < -0.39 is 0 Å². The number of nitro groups is 1. The van der Waals surface area contributed by atoms with E-state index in [4.69, 9.17) is 4.74 Å². The number of fused-ring (bicyclic) bond motifs is 1. The number of likely N-dealkylation sites (N-methyl/N-ethyl adjacent to an activating group) is 1. The Bertz CT molecular complexity index is 777. The molecule has 2 aromatic rings. The summed E-state index contributed by atoms with van der Waals surface area (Å²) in [6.45, 7) is 1.32. The highest BCUT2D eigenvalue weighted by molar-refractivity contribution is 5.76. The molecule has 0 unspecified atom stereocenters. The molecule has 0 N–H and O–H groups in total. The van der Waals surface area contributed by atoms with Crippen LogP contribution in [-0.4, -0.2) is 30.5 Å². The highest BCUT2D eigenvalue weighted by Gasteiger charge is 2.26. The van der Waals surface area contributed by atoms with Crippen LogP contribution in [0, 0.1) is 15.9 Å². The summed E-state index contributed by atoms with van der Waals surface area (Å²) < 4.78 is 19.0. The molecule has 1 aliphatic heterocycles. The average Bonchev–Trinajstić information content (AvgIpc) is 2.53. The minimum Gasteiger partial charge on any atom is -0.496 e. The standard InChI is InChI=1S/C17H17FN2O3/c1-19-8-7-13-12(4-5-16(20(21)22)15(13)10-19)14-9-11(18)3-6-17(14)23-2/h3-6,9H,7-8,10H2,1-2H3. The largest absolute Gasteiger partial charge is 0.496 e. The van der Waals surface area contributed by atoms with E-state index in [-0.39, 0.29) is 16.4 Å². The van der Waals surface area contributed by atoms with Gasteiger partial charge in [-0.2, -0.15) is 0 Å². The third-order valence-electron chi connectivity index (χ3n) is 4.23. The molecule has 6 heteroatoms. The Balaban J connectivity index is 2.24. The van der Waals surface area contributed by atoms with E-state index in [1.807, 2.05) is 11.9 Å². The molecule has 0 saturated carbocycles. The van der Waals surface area contributed by atoms with E-state index >= 15 is 0 Å². The lowest BCUT2D eigenvalue weighted by molar-refractivity contribution is -0.385. The molecular weight excluding hydrogens is 299 g/mol. The summed E-state index contributed by atoms with van der Waals surface area (Å²) in [5, 5.41) is 11.3. The fraction of sp³-hybridized carbons (Fsp3) is 0.294. The van der Waals surface area contributed by atoms with Crippen LogP contribution in [0.2, 0.25) is 0 Å². The molecule has 3 rings (SSSR count). The normalized spacial score (nSPS) is 14.4. The summed E-state index contributed by atoms with van der Waals surface area (Å²) in [7, 11) is 3.46. The second-order valence-corrected chi connectivity index (χ2v) is 5.68. The van der Waals surface area contributed by atoms with Gasteiger partial charge in [0.1, 0.15) is 11.6 Å². The maximum absolute atomic E-state index is 13.7. The van der Waals surface area contributed by atoms with Crippen molar-refractivity contribution in [1.82, 2.24) is 4.90 Å². The molecule has 0 spiro atoms. The summed E-state index contributed by atoms with van der Waals surface area (Å²) in [6, 6.07) is 7.53. The molecule has 1 heterocycles. The van der Waals surface area contributed by atoms with Crippen LogP contribution in [0.5, 0.6) is 5.75 Å².